The van der Waals surface area contributed by atoms with E-state index in [0.29, 0.717) is 0 Å². The number of nitrogens with zero attached hydrogens (tertiary/aromatic N) is 2. The number of hydrogen-bond donors (Lipinski definition) is 0. The molecule has 0 saturated carbocycles. The molecule has 0 amide bonds. The molecule has 3 heteroatoms. The summed E-state index contributed by atoms with van der Waals surface area (Å²) < 4.78 is 53.2. The molecule has 11 rings (SSSR count). The molecular weight excluding hydrogens is 597 g/mol. The molecule has 2 aromatic heterocycles. The monoisotopic (exact) mass is 629 g/mol. The normalized spacial score (nSPS) is 13.7. The molecule has 0 fully saturated rings. The average Bonchev–Trinajstić information content (AvgIpc) is 3.72. The van der Waals surface area contributed by atoms with Crippen molar-refractivity contribution in [1.29, 1.82) is 0 Å². The lowest BCUT2D eigenvalue weighted by Gasteiger charge is -2.23. The van der Waals surface area contributed by atoms with Gasteiger partial charge in [0.15, 0.2) is 0 Å². The van der Waals surface area contributed by atoms with Gasteiger partial charge in [0.2, 0.25) is 0 Å². The van der Waals surface area contributed by atoms with Crippen LogP contribution in [-0.2, 0) is 0 Å². The Kier molecular flexibility index (Phi) is 4.49. The number of ether oxygens (including phenoxy) is 1. The van der Waals surface area contributed by atoms with Crippen LogP contribution in [0.2, 0.25) is 0 Å². The van der Waals surface area contributed by atoms with E-state index in [1.54, 1.807) is 4.57 Å². The van der Waals surface area contributed by atoms with Crippen molar-refractivity contribution in [1.82, 2.24) is 9.13 Å². The molecule has 3 heterocycles. The first-order valence-corrected chi connectivity index (χ1v) is 16.4. The molecule has 0 N–H and O–H groups in total. The smallest absolute Gasteiger partial charge is 0.138 e. The molecule has 49 heavy (non-hydrogen) atoms. The number of aromatic nitrogens is 2. The molecule has 8 aromatic carbocycles. The molecule has 0 bridgehead atoms. The molecule has 0 aliphatic carbocycles. The van der Waals surface area contributed by atoms with Crippen molar-refractivity contribution in [2.24, 2.45) is 0 Å². The van der Waals surface area contributed by atoms with Crippen LogP contribution < -0.4 is 4.74 Å². The van der Waals surface area contributed by atoms with E-state index in [9.17, 15) is 0 Å². The molecule has 228 valence electrons. The SMILES string of the molecule is [2H]c1c([2H])c([2H])c(-n2c3ccccc3c3cc(-c4ccc5c(c4)-c4cccc6c4c(cc4c6c6ccccc6n4-c4ccccc4)O5)ccc32)c([2H])c1[2H]. The Bertz CT molecular complexity index is 3230. The maximum absolute atomic E-state index is 8.74. The maximum Gasteiger partial charge on any atom is 0.138 e. The molecule has 0 radical (unpaired) electrons. The largest absolute Gasteiger partial charge is 0.456 e. The fraction of sp³-hybridized carbons (Fsp3) is 0. The Hall–Kier alpha value is -6.58. The third kappa shape index (κ3) is 3.73. The second-order valence-electron chi connectivity index (χ2n) is 12.6. The third-order valence-corrected chi connectivity index (χ3v) is 9.98. The van der Waals surface area contributed by atoms with Crippen molar-refractivity contribution in [3.8, 4) is 45.1 Å². The van der Waals surface area contributed by atoms with Crippen LogP contribution in [0.25, 0.3) is 88.0 Å². The van der Waals surface area contributed by atoms with Gasteiger partial charge in [-0.1, -0.05) is 103 Å². The van der Waals surface area contributed by atoms with Crippen LogP contribution in [0.15, 0.2) is 170 Å². The summed E-state index contributed by atoms with van der Waals surface area (Å²) in [5.41, 5.74) is 9.14. The molecule has 3 nitrogen and oxygen atoms in total. The number of rotatable bonds is 3. The Morgan fingerprint density at radius 1 is 0.408 bits per heavy atom. The number of benzene rings is 8. The predicted molar refractivity (Wildman–Crippen MR) is 204 cm³/mol. The van der Waals surface area contributed by atoms with Gasteiger partial charge in [0.25, 0.3) is 0 Å². The summed E-state index contributed by atoms with van der Waals surface area (Å²) in [6.07, 6.45) is 0. The van der Waals surface area contributed by atoms with E-state index in [4.69, 9.17) is 11.6 Å². The quantitative estimate of drug-likeness (QED) is 0.190. The van der Waals surface area contributed by atoms with E-state index >= 15 is 0 Å². The van der Waals surface area contributed by atoms with Crippen LogP contribution in [0.4, 0.5) is 0 Å². The van der Waals surface area contributed by atoms with Crippen LogP contribution >= 0.6 is 0 Å². The summed E-state index contributed by atoms with van der Waals surface area (Å²) in [6.45, 7) is 0. The summed E-state index contributed by atoms with van der Waals surface area (Å²) in [5, 5.41) is 6.47. The van der Waals surface area contributed by atoms with Crippen LogP contribution in [0.3, 0.4) is 0 Å². The molecule has 1 aliphatic heterocycles. The van der Waals surface area contributed by atoms with Crippen molar-refractivity contribution >= 4 is 54.4 Å². The van der Waals surface area contributed by atoms with E-state index in [1.165, 1.54) is 10.8 Å². The predicted octanol–water partition coefficient (Wildman–Crippen LogP) is 12.5. The number of fused-ring (bicyclic) bond motifs is 9. The lowest BCUT2D eigenvalue weighted by atomic mass is 9.90. The first-order valence-electron chi connectivity index (χ1n) is 18.9. The topological polar surface area (TPSA) is 19.1 Å². The third-order valence-electron chi connectivity index (χ3n) is 9.98. The van der Waals surface area contributed by atoms with Gasteiger partial charge in [-0.25, -0.2) is 0 Å². The van der Waals surface area contributed by atoms with Crippen molar-refractivity contribution in [3.63, 3.8) is 0 Å². The molecule has 1 aliphatic rings. The number of hydrogen-bond acceptors (Lipinski definition) is 1. The lowest BCUT2D eigenvalue weighted by Crippen LogP contribution is -1.99. The van der Waals surface area contributed by atoms with Gasteiger partial charge >= 0.3 is 0 Å². The van der Waals surface area contributed by atoms with E-state index in [0.717, 1.165) is 83.1 Å². The molecule has 0 atom stereocenters. The second-order valence-corrected chi connectivity index (χ2v) is 12.6. The summed E-state index contributed by atoms with van der Waals surface area (Å²) >= 11 is 0. The minimum Gasteiger partial charge on any atom is -0.456 e. The average molecular weight is 630 g/mol. The van der Waals surface area contributed by atoms with E-state index in [1.807, 2.05) is 48.5 Å². The van der Waals surface area contributed by atoms with Gasteiger partial charge in [0.05, 0.1) is 28.9 Å². The molecule has 0 spiro atoms. The minimum absolute atomic E-state index is 0.138. The Morgan fingerprint density at radius 2 is 1.08 bits per heavy atom. The van der Waals surface area contributed by atoms with Crippen molar-refractivity contribution in [2.75, 3.05) is 0 Å². The highest BCUT2D eigenvalue weighted by Crippen LogP contribution is 2.51. The first kappa shape index (κ1) is 22.1. The standard InChI is InChI=1S/C46H28N2O/c1-3-12-31(13-4-1)47-39-20-9-7-16-33(39)37-26-29(22-24-41(37)47)30-23-25-43-38(27-30)34-18-11-19-36-45-35-17-8-10-21-40(35)48(32-14-5-2-6-15-32)42(45)28-44(49-43)46(34)36/h1-28H/i1D,3D,4D,12D,13D. The van der Waals surface area contributed by atoms with Gasteiger partial charge in [-0.15, -0.1) is 0 Å². The van der Waals surface area contributed by atoms with Crippen molar-refractivity contribution in [2.45, 2.75) is 0 Å². The summed E-state index contributed by atoms with van der Waals surface area (Å²) in [7, 11) is 0. The van der Waals surface area contributed by atoms with Crippen LogP contribution in [0.1, 0.15) is 6.85 Å². The van der Waals surface area contributed by atoms with Crippen LogP contribution in [0, 0.1) is 0 Å². The molecule has 0 unspecified atom stereocenters. The fourth-order valence-corrected chi connectivity index (χ4v) is 7.94. The van der Waals surface area contributed by atoms with E-state index in [-0.39, 0.29) is 29.9 Å². The minimum atomic E-state index is -0.408. The van der Waals surface area contributed by atoms with E-state index < -0.39 is 6.04 Å². The Morgan fingerprint density at radius 3 is 1.94 bits per heavy atom. The number of para-hydroxylation sites is 4. The van der Waals surface area contributed by atoms with Gasteiger partial charge in [-0.05, 0) is 82.7 Å². The Balaban J connectivity index is 1.11. The van der Waals surface area contributed by atoms with Crippen molar-refractivity contribution < 1.29 is 11.6 Å². The summed E-state index contributed by atoms with van der Waals surface area (Å²) in [5.74, 6) is 1.62. The highest BCUT2D eigenvalue weighted by atomic mass is 16.5. The molecular formula is C46H28N2O. The zero-order valence-electron chi connectivity index (χ0n) is 31.1. The zero-order valence-corrected chi connectivity index (χ0v) is 26.1. The van der Waals surface area contributed by atoms with Crippen molar-refractivity contribution in [3.05, 3.63) is 170 Å². The summed E-state index contributed by atoms with van der Waals surface area (Å²) in [6, 6.07) is 46.4. The zero-order chi connectivity index (χ0) is 36.4. The summed E-state index contributed by atoms with van der Waals surface area (Å²) in [4.78, 5) is 0. The lowest BCUT2D eigenvalue weighted by molar-refractivity contribution is 0.487. The fourth-order valence-electron chi connectivity index (χ4n) is 7.94. The second kappa shape index (κ2) is 9.96. The van der Waals surface area contributed by atoms with Gasteiger partial charge in [-0.3, -0.25) is 0 Å². The highest BCUT2D eigenvalue weighted by Gasteiger charge is 2.25. The first-order chi connectivity index (χ1) is 26.4. The van der Waals surface area contributed by atoms with E-state index in [2.05, 4.69) is 95.6 Å². The van der Waals surface area contributed by atoms with Gasteiger partial charge in [0, 0.05) is 49.9 Å². The van der Waals surface area contributed by atoms with Crippen LogP contribution in [-0.4, -0.2) is 9.13 Å². The van der Waals surface area contributed by atoms with Gasteiger partial charge < -0.3 is 13.9 Å². The molecule has 0 saturated heterocycles. The highest BCUT2D eigenvalue weighted by molar-refractivity contribution is 6.25. The van der Waals surface area contributed by atoms with Gasteiger partial charge in [-0.2, -0.15) is 0 Å². The maximum atomic E-state index is 8.74. The van der Waals surface area contributed by atoms with Gasteiger partial charge in [0.1, 0.15) is 11.5 Å². The Labute approximate surface area is 289 Å². The van der Waals surface area contributed by atoms with Crippen LogP contribution in [0.5, 0.6) is 11.5 Å². The molecule has 10 aromatic rings.